The van der Waals surface area contributed by atoms with E-state index in [0.29, 0.717) is 18.4 Å². The van der Waals surface area contributed by atoms with Crippen LogP contribution in [0.3, 0.4) is 0 Å². The van der Waals surface area contributed by atoms with Gasteiger partial charge in [-0.2, -0.15) is 0 Å². The molecule has 0 bridgehead atoms. The Labute approximate surface area is 155 Å². The Morgan fingerprint density at radius 3 is 2.92 bits per heavy atom. The normalized spacial score (nSPS) is 25.2. The zero-order valence-electron chi connectivity index (χ0n) is 15.4. The van der Waals surface area contributed by atoms with Crippen LogP contribution < -0.4 is 4.74 Å². The van der Waals surface area contributed by atoms with Crippen LogP contribution in [0.2, 0.25) is 0 Å². The number of amides is 1. The third-order valence-electron chi connectivity index (χ3n) is 6.36. The third-order valence-corrected chi connectivity index (χ3v) is 6.36. The quantitative estimate of drug-likeness (QED) is 0.831. The lowest BCUT2D eigenvalue weighted by Crippen LogP contribution is -2.51. The van der Waals surface area contributed by atoms with E-state index >= 15 is 0 Å². The molecule has 5 nitrogen and oxygen atoms in total. The van der Waals surface area contributed by atoms with Gasteiger partial charge in [0, 0.05) is 43.5 Å². The Balaban J connectivity index is 1.37. The molecular formula is C21H28N2O3. The minimum absolute atomic E-state index is 0.230. The Morgan fingerprint density at radius 2 is 2.19 bits per heavy atom. The van der Waals surface area contributed by atoms with Crippen LogP contribution in [0.25, 0.3) is 0 Å². The highest BCUT2D eigenvalue weighted by Gasteiger charge is 2.44. The molecule has 1 spiro atoms. The van der Waals surface area contributed by atoms with Crippen molar-refractivity contribution in [3.8, 4) is 5.88 Å². The molecule has 2 aliphatic heterocycles. The van der Waals surface area contributed by atoms with Gasteiger partial charge < -0.3 is 14.4 Å². The smallest absolute Gasteiger partial charge is 0.249 e. The van der Waals surface area contributed by atoms with E-state index in [1.165, 1.54) is 0 Å². The molecule has 0 unspecified atom stereocenters. The highest BCUT2D eigenvalue weighted by atomic mass is 16.5. The lowest BCUT2D eigenvalue weighted by atomic mass is 9.66. The molecule has 3 aliphatic rings. The van der Waals surface area contributed by atoms with Crippen molar-refractivity contribution in [2.24, 2.45) is 11.3 Å². The van der Waals surface area contributed by atoms with Crippen molar-refractivity contribution < 1.29 is 14.3 Å². The van der Waals surface area contributed by atoms with Gasteiger partial charge in [-0.05, 0) is 50.0 Å². The molecule has 1 aromatic rings. The molecule has 2 saturated heterocycles. The van der Waals surface area contributed by atoms with Crippen molar-refractivity contribution in [2.45, 2.75) is 38.5 Å². The number of carbonyl (C=O) groups excluding carboxylic acids is 1. The number of pyridine rings is 1. The van der Waals surface area contributed by atoms with Crippen molar-refractivity contribution in [3.63, 3.8) is 0 Å². The number of allylic oxidation sites excluding steroid dienone is 1. The molecule has 0 aromatic carbocycles. The van der Waals surface area contributed by atoms with Crippen LogP contribution in [0.15, 0.2) is 36.0 Å². The maximum atomic E-state index is 12.7. The average Bonchev–Trinajstić information content (AvgIpc) is 3.23. The summed E-state index contributed by atoms with van der Waals surface area (Å²) in [5.41, 5.74) is 1.26. The van der Waals surface area contributed by atoms with E-state index in [2.05, 4.69) is 16.0 Å². The molecule has 0 N–H and O–H groups in total. The van der Waals surface area contributed by atoms with Crippen molar-refractivity contribution in [3.05, 3.63) is 36.0 Å². The number of nitrogens with zero attached hydrogens (tertiary/aromatic N) is 2. The Bertz CT molecular complexity index is 650. The molecule has 5 heteroatoms. The van der Waals surface area contributed by atoms with E-state index in [9.17, 15) is 4.79 Å². The second kappa shape index (κ2) is 7.78. The summed E-state index contributed by atoms with van der Waals surface area (Å²) in [6.45, 7) is 3.91. The monoisotopic (exact) mass is 356 g/mol. The molecule has 26 heavy (non-hydrogen) atoms. The van der Waals surface area contributed by atoms with Crippen LogP contribution in [-0.2, 0) is 9.53 Å². The maximum Gasteiger partial charge on any atom is 0.249 e. The van der Waals surface area contributed by atoms with E-state index < -0.39 is 0 Å². The fraction of sp³-hybridized carbons (Fsp3) is 0.619. The zero-order valence-corrected chi connectivity index (χ0v) is 15.4. The van der Waals surface area contributed by atoms with Gasteiger partial charge in [0.15, 0.2) is 0 Å². The minimum atomic E-state index is 0.230. The first kappa shape index (κ1) is 17.5. The van der Waals surface area contributed by atoms with Gasteiger partial charge in [-0.15, -0.1) is 0 Å². The SMILES string of the molecule is O=C(C1=CCCC1)N1CCC2(CCOC[C@@H]2COc2ccccn2)CC1. The Kier molecular flexibility index (Phi) is 5.25. The summed E-state index contributed by atoms with van der Waals surface area (Å²) in [4.78, 5) is 19.0. The van der Waals surface area contributed by atoms with Crippen LogP contribution in [-0.4, -0.2) is 48.7 Å². The summed E-state index contributed by atoms with van der Waals surface area (Å²) in [5.74, 6) is 1.31. The number of hydrogen-bond donors (Lipinski definition) is 0. The number of rotatable bonds is 4. The third kappa shape index (κ3) is 3.63. The summed E-state index contributed by atoms with van der Waals surface area (Å²) in [7, 11) is 0. The fourth-order valence-electron chi connectivity index (χ4n) is 4.61. The van der Waals surface area contributed by atoms with Gasteiger partial charge in [-0.1, -0.05) is 12.1 Å². The first-order chi connectivity index (χ1) is 12.8. The molecule has 3 heterocycles. The number of ether oxygens (including phenoxy) is 2. The summed E-state index contributed by atoms with van der Waals surface area (Å²) < 4.78 is 11.7. The van der Waals surface area contributed by atoms with Crippen LogP contribution in [0.5, 0.6) is 5.88 Å². The molecule has 0 radical (unpaired) electrons. The molecule has 4 rings (SSSR count). The van der Waals surface area contributed by atoms with E-state index in [1.807, 2.05) is 18.2 Å². The van der Waals surface area contributed by atoms with Crippen molar-refractivity contribution >= 4 is 5.91 Å². The van der Waals surface area contributed by atoms with Crippen molar-refractivity contribution in [1.29, 1.82) is 0 Å². The summed E-state index contributed by atoms with van der Waals surface area (Å²) in [6, 6.07) is 5.73. The summed E-state index contributed by atoms with van der Waals surface area (Å²) >= 11 is 0. The first-order valence-electron chi connectivity index (χ1n) is 9.87. The van der Waals surface area contributed by atoms with Crippen LogP contribution in [0, 0.1) is 11.3 Å². The van der Waals surface area contributed by atoms with Crippen molar-refractivity contribution in [1.82, 2.24) is 9.88 Å². The van der Waals surface area contributed by atoms with Gasteiger partial charge in [0.1, 0.15) is 0 Å². The van der Waals surface area contributed by atoms with Gasteiger partial charge in [0.05, 0.1) is 13.2 Å². The number of hydrogen-bond acceptors (Lipinski definition) is 4. The van der Waals surface area contributed by atoms with Gasteiger partial charge in [0.25, 0.3) is 0 Å². The Morgan fingerprint density at radius 1 is 1.31 bits per heavy atom. The van der Waals surface area contributed by atoms with Gasteiger partial charge in [-0.25, -0.2) is 4.98 Å². The van der Waals surface area contributed by atoms with Gasteiger partial charge in [-0.3, -0.25) is 4.79 Å². The van der Waals surface area contributed by atoms with Crippen LogP contribution in [0.4, 0.5) is 0 Å². The lowest BCUT2D eigenvalue weighted by molar-refractivity contribution is -0.134. The molecule has 0 saturated carbocycles. The second-order valence-corrected chi connectivity index (χ2v) is 7.78. The van der Waals surface area contributed by atoms with Crippen LogP contribution >= 0.6 is 0 Å². The molecular weight excluding hydrogens is 328 g/mol. The number of likely N-dealkylation sites (tertiary alicyclic amines) is 1. The minimum Gasteiger partial charge on any atom is -0.477 e. The number of piperidine rings is 1. The van der Waals surface area contributed by atoms with Gasteiger partial charge >= 0.3 is 0 Å². The highest BCUT2D eigenvalue weighted by molar-refractivity contribution is 5.93. The predicted molar refractivity (Wildman–Crippen MR) is 98.8 cm³/mol. The van der Waals surface area contributed by atoms with E-state index in [-0.39, 0.29) is 11.3 Å². The van der Waals surface area contributed by atoms with E-state index in [4.69, 9.17) is 9.47 Å². The predicted octanol–water partition coefficient (Wildman–Crippen LogP) is 3.22. The number of carbonyl (C=O) groups is 1. The standard InChI is InChI=1S/C21H28N2O3/c24-20(17-5-1-2-6-17)23-12-8-21(9-13-23)10-14-25-15-18(21)16-26-19-7-3-4-11-22-19/h3-5,7,11,18H,1-2,6,8-10,12-16H2/t18-/m1/s1. The van der Waals surface area contributed by atoms with Crippen LogP contribution in [0.1, 0.15) is 38.5 Å². The van der Waals surface area contributed by atoms with Crippen molar-refractivity contribution in [2.75, 3.05) is 32.9 Å². The van der Waals surface area contributed by atoms with E-state index in [0.717, 1.165) is 70.4 Å². The zero-order chi connectivity index (χ0) is 17.8. The fourth-order valence-corrected chi connectivity index (χ4v) is 4.61. The molecule has 1 aliphatic carbocycles. The summed E-state index contributed by atoms with van der Waals surface area (Å²) in [6.07, 6.45) is 10.2. The molecule has 1 aromatic heterocycles. The average molecular weight is 356 g/mol. The topological polar surface area (TPSA) is 51.7 Å². The first-order valence-corrected chi connectivity index (χ1v) is 9.87. The molecule has 2 fully saturated rings. The highest BCUT2D eigenvalue weighted by Crippen LogP contribution is 2.45. The molecule has 1 atom stereocenters. The Hall–Kier alpha value is -1.88. The van der Waals surface area contributed by atoms with E-state index in [1.54, 1.807) is 6.20 Å². The lowest BCUT2D eigenvalue weighted by Gasteiger charge is -2.48. The second-order valence-electron chi connectivity index (χ2n) is 7.78. The summed E-state index contributed by atoms with van der Waals surface area (Å²) in [5, 5.41) is 0. The largest absolute Gasteiger partial charge is 0.477 e. The molecule has 1 amide bonds. The number of aromatic nitrogens is 1. The van der Waals surface area contributed by atoms with Gasteiger partial charge in [0.2, 0.25) is 11.8 Å². The maximum absolute atomic E-state index is 12.7. The molecule has 140 valence electrons.